The number of likely N-dealkylation sites (tertiary alicyclic amines) is 1. The normalized spacial score (nSPS) is 24.2. The summed E-state index contributed by atoms with van der Waals surface area (Å²) in [4.78, 5) is 44.3. The number of aryl methyl sites for hydroxylation is 1. The summed E-state index contributed by atoms with van der Waals surface area (Å²) in [6, 6.07) is 5.67. The molecule has 202 valence electrons. The average molecular weight is 520 g/mol. The number of anilines is 1. The van der Waals surface area contributed by atoms with Crippen LogP contribution in [0.2, 0.25) is 0 Å². The van der Waals surface area contributed by atoms with Gasteiger partial charge in [0, 0.05) is 62.3 Å². The van der Waals surface area contributed by atoms with Crippen molar-refractivity contribution < 1.29 is 14.4 Å². The number of benzene rings is 1. The van der Waals surface area contributed by atoms with Crippen LogP contribution in [-0.2, 0) is 17.8 Å². The molecule has 3 atom stereocenters. The fourth-order valence-corrected chi connectivity index (χ4v) is 6.61. The quantitative estimate of drug-likeness (QED) is 0.625. The number of nitrogens with zero attached hydrogens (tertiary/aromatic N) is 5. The number of carbonyl (C=O) groups is 3. The highest BCUT2D eigenvalue weighted by Crippen LogP contribution is 2.57. The molecule has 4 aliphatic rings. The second-order valence-electron chi connectivity index (χ2n) is 11.4. The van der Waals surface area contributed by atoms with Crippen molar-refractivity contribution in [1.29, 1.82) is 0 Å². The SMILES string of the molecule is Cc1cccc(N2CCN(C(=O)Cn3nc(C(=O)N4CCCC(NC(N)=O)C4)c4c3C[C@H]3C[C@@H]43)CC2)c1C. The summed E-state index contributed by atoms with van der Waals surface area (Å²) in [7, 11) is 0. The molecule has 2 aliphatic heterocycles. The van der Waals surface area contributed by atoms with Gasteiger partial charge in [0.1, 0.15) is 6.54 Å². The van der Waals surface area contributed by atoms with E-state index in [4.69, 9.17) is 10.8 Å². The van der Waals surface area contributed by atoms with Gasteiger partial charge in [-0.2, -0.15) is 5.10 Å². The number of aromatic nitrogens is 2. The Morgan fingerprint density at radius 1 is 1.08 bits per heavy atom. The maximum atomic E-state index is 13.6. The van der Waals surface area contributed by atoms with Crippen LogP contribution >= 0.6 is 0 Å². The first-order valence-corrected chi connectivity index (χ1v) is 13.8. The largest absolute Gasteiger partial charge is 0.368 e. The van der Waals surface area contributed by atoms with Crippen LogP contribution in [-0.4, -0.2) is 82.7 Å². The molecule has 1 aromatic heterocycles. The molecule has 4 amide bonds. The molecule has 3 heterocycles. The van der Waals surface area contributed by atoms with Crippen LogP contribution < -0.4 is 16.0 Å². The van der Waals surface area contributed by atoms with Crippen molar-refractivity contribution in [3.05, 3.63) is 46.3 Å². The van der Waals surface area contributed by atoms with Crippen LogP contribution in [0.5, 0.6) is 0 Å². The van der Waals surface area contributed by atoms with Gasteiger partial charge in [-0.1, -0.05) is 12.1 Å². The first kappa shape index (κ1) is 24.8. The Hall–Kier alpha value is -3.56. The molecule has 3 N–H and O–H groups in total. The van der Waals surface area contributed by atoms with Crippen molar-refractivity contribution in [2.24, 2.45) is 11.7 Å². The van der Waals surface area contributed by atoms with Gasteiger partial charge in [0.05, 0.1) is 0 Å². The summed E-state index contributed by atoms with van der Waals surface area (Å²) in [5, 5.41) is 7.48. The van der Waals surface area contributed by atoms with E-state index < -0.39 is 6.03 Å². The van der Waals surface area contributed by atoms with Crippen LogP contribution in [0.1, 0.15) is 58.1 Å². The van der Waals surface area contributed by atoms with Crippen molar-refractivity contribution in [1.82, 2.24) is 24.9 Å². The lowest BCUT2D eigenvalue weighted by molar-refractivity contribution is -0.132. The summed E-state index contributed by atoms with van der Waals surface area (Å²) in [5.41, 5.74) is 11.7. The van der Waals surface area contributed by atoms with E-state index in [0.717, 1.165) is 50.0 Å². The molecule has 1 unspecified atom stereocenters. The second-order valence-corrected chi connectivity index (χ2v) is 11.4. The number of amides is 4. The van der Waals surface area contributed by atoms with Crippen LogP contribution in [0.15, 0.2) is 18.2 Å². The first-order chi connectivity index (χ1) is 18.3. The van der Waals surface area contributed by atoms with E-state index in [-0.39, 0.29) is 24.4 Å². The zero-order valence-electron chi connectivity index (χ0n) is 22.3. The van der Waals surface area contributed by atoms with Gasteiger partial charge in [0.25, 0.3) is 5.91 Å². The molecule has 10 heteroatoms. The smallest absolute Gasteiger partial charge is 0.312 e. The molecule has 2 aliphatic carbocycles. The molecule has 0 bridgehead atoms. The predicted octanol–water partition coefficient (Wildman–Crippen LogP) is 1.78. The molecule has 0 spiro atoms. The zero-order valence-corrected chi connectivity index (χ0v) is 22.3. The zero-order chi connectivity index (χ0) is 26.6. The first-order valence-electron chi connectivity index (χ1n) is 13.8. The van der Waals surface area contributed by atoms with Crippen molar-refractivity contribution in [2.75, 3.05) is 44.2 Å². The number of nitrogens with two attached hydrogens (primary N) is 1. The van der Waals surface area contributed by atoms with Crippen LogP contribution in [0.4, 0.5) is 10.5 Å². The summed E-state index contributed by atoms with van der Waals surface area (Å²) < 4.78 is 1.80. The molecule has 1 aromatic carbocycles. The number of piperidine rings is 1. The number of nitrogens with one attached hydrogen (secondary N) is 1. The van der Waals surface area contributed by atoms with Gasteiger partial charge in [-0.25, -0.2) is 4.79 Å². The van der Waals surface area contributed by atoms with E-state index in [1.807, 2.05) is 4.90 Å². The fourth-order valence-electron chi connectivity index (χ4n) is 6.61. The number of fused-ring (bicyclic) bond motifs is 3. The van der Waals surface area contributed by atoms with Gasteiger partial charge < -0.3 is 25.8 Å². The minimum Gasteiger partial charge on any atom is -0.368 e. The molecule has 2 aromatic rings. The minimum atomic E-state index is -0.566. The predicted molar refractivity (Wildman–Crippen MR) is 143 cm³/mol. The van der Waals surface area contributed by atoms with Gasteiger partial charge in [-0.05, 0) is 68.6 Å². The minimum absolute atomic E-state index is 0.0548. The van der Waals surface area contributed by atoms with E-state index in [0.29, 0.717) is 43.7 Å². The van der Waals surface area contributed by atoms with Gasteiger partial charge in [0.2, 0.25) is 5.91 Å². The second kappa shape index (κ2) is 9.63. The number of urea groups is 1. The third-order valence-electron chi connectivity index (χ3n) is 8.94. The van der Waals surface area contributed by atoms with E-state index in [9.17, 15) is 14.4 Å². The number of primary amides is 1. The molecule has 10 nitrogen and oxygen atoms in total. The monoisotopic (exact) mass is 519 g/mol. The Balaban J connectivity index is 1.14. The number of piperazine rings is 1. The molecule has 1 saturated carbocycles. The highest BCUT2D eigenvalue weighted by molar-refractivity contribution is 5.95. The van der Waals surface area contributed by atoms with E-state index in [1.54, 1.807) is 9.58 Å². The highest BCUT2D eigenvalue weighted by Gasteiger charge is 2.50. The molecule has 38 heavy (non-hydrogen) atoms. The van der Waals surface area contributed by atoms with Crippen molar-refractivity contribution in [2.45, 2.75) is 58.0 Å². The molecule has 3 fully saturated rings. The number of hydrogen-bond donors (Lipinski definition) is 2. The van der Waals surface area contributed by atoms with Gasteiger partial charge in [-0.3, -0.25) is 14.3 Å². The third-order valence-corrected chi connectivity index (χ3v) is 8.94. The molecule has 6 rings (SSSR count). The van der Waals surface area contributed by atoms with Crippen molar-refractivity contribution >= 4 is 23.5 Å². The van der Waals surface area contributed by atoms with Gasteiger partial charge >= 0.3 is 6.03 Å². The maximum absolute atomic E-state index is 13.6. The fraction of sp³-hybridized carbons (Fsp3) is 0.571. The van der Waals surface area contributed by atoms with Crippen LogP contribution in [0.25, 0.3) is 0 Å². The summed E-state index contributed by atoms with van der Waals surface area (Å²) in [6.07, 6.45) is 3.59. The highest BCUT2D eigenvalue weighted by atomic mass is 16.2. The summed E-state index contributed by atoms with van der Waals surface area (Å²) >= 11 is 0. The molecule has 0 radical (unpaired) electrons. The summed E-state index contributed by atoms with van der Waals surface area (Å²) in [6.45, 7) is 8.48. The Kier molecular flexibility index (Phi) is 6.28. The lowest BCUT2D eigenvalue weighted by Crippen LogP contribution is -2.51. The van der Waals surface area contributed by atoms with E-state index in [1.165, 1.54) is 16.8 Å². The third kappa shape index (κ3) is 4.50. The summed E-state index contributed by atoms with van der Waals surface area (Å²) in [5.74, 6) is 0.915. The Bertz CT molecular complexity index is 1280. The lowest BCUT2D eigenvalue weighted by Gasteiger charge is -2.37. The van der Waals surface area contributed by atoms with E-state index >= 15 is 0 Å². The van der Waals surface area contributed by atoms with Gasteiger partial charge in [0.15, 0.2) is 5.69 Å². The standard InChI is InChI=1S/C28H37N7O3/c1-17-5-3-7-22(18(17)2)32-9-11-33(12-10-32)24(36)16-35-23-14-19-13-21(19)25(23)26(31-35)27(37)34-8-4-6-20(15-34)30-28(29)38/h3,5,7,19-21H,4,6,8-16H2,1-2H3,(H3,29,30,38)/t19-,20?,21-/m1/s1. The molecular weight excluding hydrogens is 482 g/mol. The van der Waals surface area contributed by atoms with Crippen LogP contribution in [0.3, 0.4) is 0 Å². The van der Waals surface area contributed by atoms with Crippen molar-refractivity contribution in [3.63, 3.8) is 0 Å². The number of carbonyl (C=O) groups excluding carboxylic acids is 3. The maximum Gasteiger partial charge on any atom is 0.312 e. The van der Waals surface area contributed by atoms with Gasteiger partial charge in [-0.15, -0.1) is 0 Å². The lowest BCUT2D eigenvalue weighted by atomic mass is 10.0. The van der Waals surface area contributed by atoms with Crippen molar-refractivity contribution in [3.8, 4) is 0 Å². The molecule has 2 saturated heterocycles. The topological polar surface area (TPSA) is 117 Å². The number of hydrogen-bond acceptors (Lipinski definition) is 5. The van der Waals surface area contributed by atoms with E-state index in [2.05, 4.69) is 42.3 Å². The Morgan fingerprint density at radius 2 is 1.87 bits per heavy atom. The Morgan fingerprint density at radius 3 is 2.63 bits per heavy atom. The van der Waals surface area contributed by atoms with Crippen LogP contribution in [0, 0.1) is 19.8 Å². The number of rotatable bonds is 5. The average Bonchev–Trinajstić information content (AvgIpc) is 3.43. The molecular formula is C28H37N7O3. The Labute approximate surface area is 223 Å².